The van der Waals surface area contributed by atoms with Crippen LogP contribution >= 0.6 is 15.9 Å². The van der Waals surface area contributed by atoms with Crippen LogP contribution < -0.4 is 0 Å². The highest BCUT2D eigenvalue weighted by molar-refractivity contribution is 9.10. The van der Waals surface area contributed by atoms with Crippen molar-refractivity contribution >= 4 is 21.7 Å². The van der Waals surface area contributed by atoms with Crippen LogP contribution in [0.4, 0.5) is 0 Å². The zero-order valence-electron chi connectivity index (χ0n) is 12.5. The van der Waals surface area contributed by atoms with Crippen molar-refractivity contribution in [1.29, 1.82) is 0 Å². The summed E-state index contributed by atoms with van der Waals surface area (Å²) in [6.07, 6.45) is 0.546. The molecule has 0 spiro atoms. The number of carbonyl (C=O) groups is 1. The van der Waals surface area contributed by atoms with Crippen LogP contribution in [0, 0.1) is 6.92 Å². The summed E-state index contributed by atoms with van der Waals surface area (Å²) in [5.74, 6) is 0.193. The number of hydrogen-bond acceptors (Lipinski definition) is 2. The Morgan fingerprint density at radius 2 is 1.67 bits per heavy atom. The normalized spacial score (nSPS) is 10.9. The van der Waals surface area contributed by atoms with Crippen molar-refractivity contribution in [2.24, 2.45) is 0 Å². The summed E-state index contributed by atoms with van der Waals surface area (Å²) in [5.41, 5.74) is 3.33. The van der Waals surface area contributed by atoms with E-state index in [0.29, 0.717) is 6.42 Å². The zero-order chi connectivity index (χ0) is 15.2. The fraction of sp³-hybridized carbons (Fsp3) is 0.278. The van der Waals surface area contributed by atoms with Crippen molar-refractivity contribution in [3.05, 3.63) is 69.7 Å². The Kier molecular flexibility index (Phi) is 5.71. The van der Waals surface area contributed by atoms with Gasteiger partial charge in [-0.05, 0) is 31.7 Å². The Bertz CT molecular complexity index is 590. The summed E-state index contributed by atoms with van der Waals surface area (Å²) >= 11 is 3.38. The molecule has 0 amide bonds. The maximum absolute atomic E-state index is 12.1. The molecule has 2 aromatic rings. The predicted octanol–water partition coefficient (Wildman–Crippen LogP) is 4.46. The molecule has 0 radical (unpaired) electrons. The van der Waals surface area contributed by atoms with Crippen LogP contribution in [0.25, 0.3) is 0 Å². The van der Waals surface area contributed by atoms with Crippen LogP contribution in [0.2, 0.25) is 0 Å². The quantitative estimate of drug-likeness (QED) is 0.720. The first-order chi connectivity index (χ1) is 10.0. The van der Waals surface area contributed by atoms with E-state index >= 15 is 0 Å². The van der Waals surface area contributed by atoms with E-state index in [4.69, 9.17) is 0 Å². The third-order valence-corrected chi connectivity index (χ3v) is 3.99. The van der Waals surface area contributed by atoms with Gasteiger partial charge >= 0.3 is 0 Å². The van der Waals surface area contributed by atoms with Crippen molar-refractivity contribution in [3.63, 3.8) is 0 Å². The Morgan fingerprint density at radius 1 is 1.05 bits per heavy atom. The molecule has 0 heterocycles. The highest BCUT2D eigenvalue weighted by atomic mass is 79.9. The van der Waals surface area contributed by atoms with E-state index in [0.717, 1.165) is 23.1 Å². The first kappa shape index (κ1) is 15.9. The van der Waals surface area contributed by atoms with E-state index in [2.05, 4.69) is 59.1 Å². The standard InChI is InChI=1S/C18H20BrNO/c1-14-3-5-15(6-4-14)13-20(2)12-11-18(21)16-7-9-17(19)10-8-16/h3-10H,11-13H2,1-2H3. The Labute approximate surface area is 134 Å². The number of hydrogen-bond donors (Lipinski definition) is 0. The first-order valence-corrected chi connectivity index (χ1v) is 7.87. The van der Waals surface area contributed by atoms with Gasteiger partial charge in [0.15, 0.2) is 5.78 Å². The van der Waals surface area contributed by atoms with Gasteiger partial charge in [0.1, 0.15) is 0 Å². The monoisotopic (exact) mass is 345 g/mol. The molecule has 21 heavy (non-hydrogen) atoms. The molecule has 0 aromatic heterocycles. The van der Waals surface area contributed by atoms with Gasteiger partial charge in [0.25, 0.3) is 0 Å². The molecule has 2 rings (SSSR count). The van der Waals surface area contributed by atoms with Gasteiger partial charge in [0, 0.05) is 29.5 Å². The average molecular weight is 346 g/mol. The lowest BCUT2D eigenvalue weighted by Crippen LogP contribution is -2.21. The van der Waals surface area contributed by atoms with Crippen molar-refractivity contribution < 1.29 is 4.79 Å². The summed E-state index contributed by atoms with van der Waals surface area (Å²) in [6, 6.07) is 16.1. The SMILES string of the molecule is Cc1ccc(CN(C)CCC(=O)c2ccc(Br)cc2)cc1. The van der Waals surface area contributed by atoms with Gasteiger partial charge in [-0.2, -0.15) is 0 Å². The smallest absolute Gasteiger partial charge is 0.164 e. The molecule has 0 unspecified atom stereocenters. The number of benzene rings is 2. The number of carbonyl (C=O) groups excluding carboxylic acids is 1. The molecule has 0 saturated heterocycles. The van der Waals surface area contributed by atoms with Crippen LogP contribution in [0.15, 0.2) is 53.0 Å². The number of rotatable bonds is 6. The largest absolute Gasteiger partial charge is 0.302 e. The highest BCUT2D eigenvalue weighted by Crippen LogP contribution is 2.12. The Balaban J connectivity index is 1.83. The molecule has 0 atom stereocenters. The fourth-order valence-corrected chi connectivity index (χ4v) is 2.42. The third kappa shape index (κ3) is 5.10. The molecule has 2 aromatic carbocycles. The van der Waals surface area contributed by atoms with Crippen molar-refractivity contribution in [2.45, 2.75) is 19.9 Å². The van der Waals surface area contributed by atoms with E-state index in [9.17, 15) is 4.79 Å². The minimum atomic E-state index is 0.193. The lowest BCUT2D eigenvalue weighted by atomic mass is 10.1. The van der Waals surface area contributed by atoms with Gasteiger partial charge in [-0.1, -0.05) is 57.9 Å². The molecule has 0 aliphatic heterocycles. The van der Waals surface area contributed by atoms with E-state index in [-0.39, 0.29) is 5.78 Å². The molecule has 0 fully saturated rings. The molecule has 0 aliphatic carbocycles. The van der Waals surface area contributed by atoms with Crippen LogP contribution in [0.3, 0.4) is 0 Å². The van der Waals surface area contributed by atoms with E-state index in [1.54, 1.807) is 0 Å². The molecule has 0 saturated carbocycles. The molecule has 2 nitrogen and oxygen atoms in total. The summed E-state index contributed by atoms with van der Waals surface area (Å²) in [5, 5.41) is 0. The van der Waals surface area contributed by atoms with Crippen molar-refractivity contribution in [1.82, 2.24) is 4.90 Å². The molecular weight excluding hydrogens is 326 g/mol. The van der Waals surface area contributed by atoms with Crippen LogP contribution in [-0.2, 0) is 6.54 Å². The van der Waals surface area contributed by atoms with Gasteiger partial charge in [-0.25, -0.2) is 0 Å². The lowest BCUT2D eigenvalue weighted by molar-refractivity contribution is 0.0968. The molecule has 0 N–H and O–H groups in total. The first-order valence-electron chi connectivity index (χ1n) is 7.07. The number of aryl methyl sites for hydroxylation is 1. The van der Waals surface area contributed by atoms with Crippen LogP contribution in [-0.4, -0.2) is 24.3 Å². The van der Waals surface area contributed by atoms with Crippen LogP contribution in [0.5, 0.6) is 0 Å². The number of ketones is 1. The molecule has 110 valence electrons. The minimum Gasteiger partial charge on any atom is -0.302 e. The van der Waals surface area contributed by atoms with Crippen LogP contribution in [0.1, 0.15) is 27.9 Å². The van der Waals surface area contributed by atoms with E-state index in [1.165, 1.54) is 11.1 Å². The number of halogens is 1. The predicted molar refractivity (Wildman–Crippen MR) is 90.6 cm³/mol. The maximum atomic E-state index is 12.1. The summed E-state index contributed by atoms with van der Waals surface area (Å²) in [6.45, 7) is 3.72. The minimum absolute atomic E-state index is 0.193. The number of Topliss-reactive ketones (excluding diaryl/α,β-unsaturated/α-hetero) is 1. The summed E-state index contributed by atoms with van der Waals surface area (Å²) in [4.78, 5) is 14.3. The van der Waals surface area contributed by atoms with Crippen molar-refractivity contribution in [3.8, 4) is 0 Å². The molecule has 3 heteroatoms. The van der Waals surface area contributed by atoms with Crippen molar-refractivity contribution in [2.75, 3.05) is 13.6 Å². The average Bonchev–Trinajstić information content (AvgIpc) is 2.48. The second kappa shape index (κ2) is 7.53. The fourth-order valence-electron chi connectivity index (χ4n) is 2.16. The Hall–Kier alpha value is -1.45. The Morgan fingerprint density at radius 3 is 2.29 bits per heavy atom. The van der Waals surface area contributed by atoms with Gasteiger partial charge in [0.05, 0.1) is 0 Å². The summed E-state index contributed by atoms with van der Waals surface area (Å²) < 4.78 is 0.996. The van der Waals surface area contributed by atoms with Gasteiger partial charge in [0.2, 0.25) is 0 Å². The zero-order valence-corrected chi connectivity index (χ0v) is 14.1. The second-order valence-electron chi connectivity index (χ2n) is 5.40. The summed E-state index contributed by atoms with van der Waals surface area (Å²) in [7, 11) is 2.05. The molecule has 0 aliphatic rings. The van der Waals surface area contributed by atoms with E-state index < -0.39 is 0 Å². The van der Waals surface area contributed by atoms with Gasteiger partial charge < -0.3 is 4.90 Å². The van der Waals surface area contributed by atoms with Gasteiger partial charge in [-0.3, -0.25) is 4.79 Å². The van der Waals surface area contributed by atoms with E-state index in [1.807, 2.05) is 24.3 Å². The molecule has 0 bridgehead atoms. The van der Waals surface area contributed by atoms with Gasteiger partial charge in [-0.15, -0.1) is 0 Å². The third-order valence-electron chi connectivity index (χ3n) is 3.46. The second-order valence-corrected chi connectivity index (χ2v) is 6.32. The number of nitrogens with zero attached hydrogens (tertiary/aromatic N) is 1. The maximum Gasteiger partial charge on any atom is 0.164 e. The highest BCUT2D eigenvalue weighted by Gasteiger charge is 2.08. The lowest BCUT2D eigenvalue weighted by Gasteiger charge is -2.16. The topological polar surface area (TPSA) is 20.3 Å². The molecular formula is C18H20BrNO.